The molecule has 0 unspecified atom stereocenters. The molecule has 0 saturated heterocycles. The number of rotatable bonds is 1. The third-order valence-corrected chi connectivity index (χ3v) is 2.23. The second-order valence-corrected chi connectivity index (χ2v) is 4.68. The van der Waals surface area contributed by atoms with Crippen molar-refractivity contribution in [1.82, 2.24) is 0 Å². The van der Waals surface area contributed by atoms with Crippen LogP contribution in [0.5, 0.6) is 0 Å². The number of fused-ring (bicyclic) bond motifs is 1. The normalized spacial score (nSPS) is 15.8. The van der Waals surface area contributed by atoms with Gasteiger partial charge in [0.25, 0.3) is 0 Å². The molecule has 0 fully saturated rings. The highest BCUT2D eigenvalue weighted by Gasteiger charge is 2.23. The number of benzene rings is 1. The standard InChI is InChI=1S/C12H17NO/c1-12(2,3)14-13-9-8-10-6-4-5-7-11(10)13/h4-7H,8-9H2,1-3H3. The summed E-state index contributed by atoms with van der Waals surface area (Å²) < 4.78 is 0. The van der Waals surface area contributed by atoms with E-state index < -0.39 is 0 Å². The maximum atomic E-state index is 5.86. The summed E-state index contributed by atoms with van der Waals surface area (Å²) in [4.78, 5) is 5.86. The first kappa shape index (κ1) is 9.53. The van der Waals surface area contributed by atoms with E-state index in [0.717, 1.165) is 13.0 Å². The Bertz CT molecular complexity index is 327. The Morgan fingerprint density at radius 3 is 2.64 bits per heavy atom. The minimum atomic E-state index is -0.114. The summed E-state index contributed by atoms with van der Waals surface area (Å²) in [6, 6.07) is 8.43. The molecule has 0 amide bonds. The fourth-order valence-electron chi connectivity index (χ4n) is 1.73. The molecular formula is C12H17NO. The van der Waals surface area contributed by atoms with Crippen molar-refractivity contribution in [3.8, 4) is 0 Å². The van der Waals surface area contributed by atoms with Gasteiger partial charge in [0.1, 0.15) is 0 Å². The van der Waals surface area contributed by atoms with Gasteiger partial charge in [-0.2, -0.15) is 0 Å². The topological polar surface area (TPSA) is 12.5 Å². The lowest BCUT2D eigenvalue weighted by Crippen LogP contribution is -2.32. The molecule has 76 valence electrons. The molecular weight excluding hydrogens is 174 g/mol. The third kappa shape index (κ3) is 1.90. The molecule has 0 N–H and O–H groups in total. The van der Waals surface area contributed by atoms with Gasteiger partial charge in [-0.3, -0.25) is 9.90 Å². The molecule has 2 rings (SSSR count). The van der Waals surface area contributed by atoms with E-state index in [1.165, 1.54) is 11.3 Å². The molecule has 0 bridgehead atoms. The number of para-hydroxylation sites is 1. The minimum absolute atomic E-state index is 0.114. The molecule has 2 nitrogen and oxygen atoms in total. The van der Waals surface area contributed by atoms with Crippen LogP contribution in [0, 0.1) is 0 Å². The lowest BCUT2D eigenvalue weighted by molar-refractivity contribution is -0.0179. The van der Waals surface area contributed by atoms with Crippen LogP contribution in [0.4, 0.5) is 5.69 Å². The zero-order chi connectivity index (χ0) is 10.2. The first-order valence-corrected chi connectivity index (χ1v) is 5.11. The lowest BCUT2D eigenvalue weighted by Gasteiger charge is -2.28. The Kier molecular flexibility index (Phi) is 2.23. The van der Waals surface area contributed by atoms with Crippen LogP contribution in [0.15, 0.2) is 24.3 Å². The van der Waals surface area contributed by atoms with Crippen molar-refractivity contribution in [3.05, 3.63) is 29.8 Å². The molecule has 0 aliphatic carbocycles. The van der Waals surface area contributed by atoms with Crippen LogP contribution in [-0.4, -0.2) is 12.1 Å². The molecule has 1 aliphatic heterocycles. The van der Waals surface area contributed by atoms with Crippen LogP contribution >= 0.6 is 0 Å². The number of hydrogen-bond donors (Lipinski definition) is 0. The van der Waals surface area contributed by atoms with E-state index in [2.05, 4.69) is 45.0 Å². The summed E-state index contributed by atoms with van der Waals surface area (Å²) in [7, 11) is 0. The Morgan fingerprint density at radius 1 is 1.21 bits per heavy atom. The molecule has 0 saturated carbocycles. The van der Waals surface area contributed by atoms with Crippen LogP contribution in [0.25, 0.3) is 0 Å². The van der Waals surface area contributed by atoms with Gasteiger partial charge in [-0.25, -0.2) is 0 Å². The van der Waals surface area contributed by atoms with Gasteiger partial charge >= 0.3 is 0 Å². The van der Waals surface area contributed by atoms with Crippen molar-refractivity contribution < 1.29 is 4.84 Å². The van der Waals surface area contributed by atoms with Crippen LogP contribution in [-0.2, 0) is 11.3 Å². The number of hydroxylamine groups is 1. The second kappa shape index (κ2) is 3.28. The van der Waals surface area contributed by atoms with Crippen molar-refractivity contribution in [3.63, 3.8) is 0 Å². The summed E-state index contributed by atoms with van der Waals surface area (Å²) in [5.41, 5.74) is 2.50. The summed E-state index contributed by atoms with van der Waals surface area (Å²) >= 11 is 0. The van der Waals surface area contributed by atoms with E-state index in [9.17, 15) is 0 Å². The van der Waals surface area contributed by atoms with Crippen molar-refractivity contribution in [1.29, 1.82) is 0 Å². The summed E-state index contributed by atoms with van der Waals surface area (Å²) in [5.74, 6) is 0. The molecule has 1 aromatic carbocycles. The fourth-order valence-corrected chi connectivity index (χ4v) is 1.73. The minimum Gasteiger partial charge on any atom is -0.268 e. The molecule has 0 aromatic heterocycles. The first-order chi connectivity index (χ1) is 6.56. The van der Waals surface area contributed by atoms with E-state index in [-0.39, 0.29) is 5.60 Å². The van der Waals surface area contributed by atoms with Crippen molar-refractivity contribution >= 4 is 5.69 Å². The first-order valence-electron chi connectivity index (χ1n) is 5.11. The largest absolute Gasteiger partial charge is 0.268 e. The van der Waals surface area contributed by atoms with Gasteiger partial charge in [0, 0.05) is 6.54 Å². The predicted molar refractivity (Wildman–Crippen MR) is 58.3 cm³/mol. The lowest BCUT2D eigenvalue weighted by atomic mass is 10.2. The molecule has 1 aliphatic rings. The van der Waals surface area contributed by atoms with Gasteiger partial charge < -0.3 is 0 Å². The smallest absolute Gasteiger partial charge is 0.0879 e. The average molecular weight is 191 g/mol. The van der Waals surface area contributed by atoms with Crippen molar-refractivity contribution in [2.75, 3.05) is 11.6 Å². The summed E-state index contributed by atoms with van der Waals surface area (Å²) in [6.07, 6.45) is 1.09. The maximum absolute atomic E-state index is 5.86. The molecule has 0 spiro atoms. The SMILES string of the molecule is CC(C)(C)ON1CCc2ccccc21. The third-order valence-electron chi connectivity index (χ3n) is 2.23. The molecule has 14 heavy (non-hydrogen) atoms. The molecule has 1 heterocycles. The summed E-state index contributed by atoms with van der Waals surface area (Å²) in [5, 5.41) is 2.01. The zero-order valence-corrected chi connectivity index (χ0v) is 9.08. The molecule has 0 radical (unpaired) electrons. The maximum Gasteiger partial charge on any atom is 0.0879 e. The Labute approximate surface area is 85.4 Å². The number of anilines is 1. The van der Waals surface area contributed by atoms with Gasteiger partial charge in [0.15, 0.2) is 0 Å². The van der Waals surface area contributed by atoms with E-state index >= 15 is 0 Å². The van der Waals surface area contributed by atoms with E-state index in [1.54, 1.807) is 0 Å². The van der Waals surface area contributed by atoms with E-state index in [4.69, 9.17) is 4.84 Å². The number of hydrogen-bond acceptors (Lipinski definition) is 2. The quantitative estimate of drug-likeness (QED) is 0.676. The number of nitrogens with zero attached hydrogens (tertiary/aromatic N) is 1. The van der Waals surface area contributed by atoms with Crippen LogP contribution < -0.4 is 5.06 Å². The predicted octanol–water partition coefficient (Wildman–Crippen LogP) is 2.78. The Hall–Kier alpha value is -1.02. The van der Waals surface area contributed by atoms with Crippen molar-refractivity contribution in [2.45, 2.75) is 32.8 Å². The highest BCUT2D eigenvalue weighted by molar-refractivity contribution is 5.55. The van der Waals surface area contributed by atoms with Crippen LogP contribution in [0.2, 0.25) is 0 Å². The fraction of sp³-hybridized carbons (Fsp3) is 0.500. The Morgan fingerprint density at radius 2 is 1.93 bits per heavy atom. The highest BCUT2D eigenvalue weighted by Crippen LogP contribution is 2.29. The average Bonchev–Trinajstić information content (AvgIpc) is 2.47. The highest BCUT2D eigenvalue weighted by atomic mass is 16.7. The van der Waals surface area contributed by atoms with E-state index in [1.807, 2.05) is 5.06 Å². The summed E-state index contributed by atoms with van der Waals surface area (Å²) in [6.45, 7) is 7.20. The van der Waals surface area contributed by atoms with E-state index in [0.29, 0.717) is 0 Å². The van der Waals surface area contributed by atoms with Crippen LogP contribution in [0.1, 0.15) is 26.3 Å². The van der Waals surface area contributed by atoms with Gasteiger partial charge in [-0.1, -0.05) is 18.2 Å². The second-order valence-electron chi connectivity index (χ2n) is 4.68. The molecule has 0 atom stereocenters. The van der Waals surface area contributed by atoms with Gasteiger partial charge in [0.2, 0.25) is 0 Å². The van der Waals surface area contributed by atoms with Gasteiger partial charge in [-0.05, 0) is 38.8 Å². The van der Waals surface area contributed by atoms with Crippen molar-refractivity contribution in [2.24, 2.45) is 0 Å². The Balaban J connectivity index is 2.18. The molecule has 2 heteroatoms. The zero-order valence-electron chi connectivity index (χ0n) is 9.08. The monoisotopic (exact) mass is 191 g/mol. The van der Waals surface area contributed by atoms with Gasteiger partial charge in [-0.15, -0.1) is 0 Å². The molecule has 1 aromatic rings. The van der Waals surface area contributed by atoms with Crippen LogP contribution in [0.3, 0.4) is 0 Å². The van der Waals surface area contributed by atoms with Gasteiger partial charge in [0.05, 0.1) is 11.3 Å².